The number of hydrogen-bond acceptors (Lipinski definition) is 2. The second kappa shape index (κ2) is 6.08. The van der Waals surface area contributed by atoms with Gasteiger partial charge in [-0.2, -0.15) is 0 Å². The molecule has 0 bridgehead atoms. The van der Waals surface area contributed by atoms with Crippen LogP contribution in [0.3, 0.4) is 0 Å². The van der Waals surface area contributed by atoms with Gasteiger partial charge in [-0.15, -0.1) is 0 Å². The maximum absolute atomic E-state index is 12.2. The Bertz CT molecular complexity index is 364. The van der Waals surface area contributed by atoms with Crippen molar-refractivity contribution in [3.05, 3.63) is 11.6 Å². The van der Waals surface area contributed by atoms with Crippen molar-refractivity contribution in [2.75, 3.05) is 13.1 Å². The Hall–Kier alpha value is -0.830. The Morgan fingerprint density at radius 2 is 2.26 bits per heavy atom. The van der Waals surface area contributed by atoms with Gasteiger partial charge in [0.05, 0.1) is 6.04 Å². The molecule has 3 rings (SSSR count). The van der Waals surface area contributed by atoms with E-state index >= 15 is 0 Å². The van der Waals surface area contributed by atoms with E-state index < -0.39 is 0 Å². The fraction of sp³-hybridized carbons (Fsp3) is 0.812. The maximum atomic E-state index is 12.2. The summed E-state index contributed by atoms with van der Waals surface area (Å²) < 4.78 is 0. The number of carbonyl (C=O) groups excluding carboxylic acids is 1. The standard InChI is InChI=1S/C16H26N2O/c19-16(15-14-8-4-7-13(14)11-18-15)17-10-9-12-5-2-1-3-6-12/h5,13-15,18H,1-4,6-11H2,(H,17,19). The summed E-state index contributed by atoms with van der Waals surface area (Å²) in [7, 11) is 0. The molecule has 1 aliphatic heterocycles. The van der Waals surface area contributed by atoms with Crippen molar-refractivity contribution in [1.29, 1.82) is 0 Å². The molecule has 19 heavy (non-hydrogen) atoms. The molecule has 3 nitrogen and oxygen atoms in total. The summed E-state index contributed by atoms with van der Waals surface area (Å²) in [4.78, 5) is 12.2. The van der Waals surface area contributed by atoms with Crippen LogP contribution >= 0.6 is 0 Å². The van der Waals surface area contributed by atoms with Crippen molar-refractivity contribution in [3.8, 4) is 0 Å². The van der Waals surface area contributed by atoms with Gasteiger partial charge in [0.25, 0.3) is 0 Å². The zero-order chi connectivity index (χ0) is 13.1. The van der Waals surface area contributed by atoms with Crippen LogP contribution in [0, 0.1) is 11.8 Å². The average molecular weight is 262 g/mol. The molecule has 2 aliphatic carbocycles. The Morgan fingerprint density at radius 1 is 1.32 bits per heavy atom. The Labute approximate surface area is 116 Å². The lowest BCUT2D eigenvalue weighted by Gasteiger charge is -2.18. The summed E-state index contributed by atoms with van der Waals surface area (Å²) in [6.45, 7) is 1.87. The lowest BCUT2D eigenvalue weighted by molar-refractivity contribution is -0.123. The molecule has 0 aromatic rings. The highest BCUT2D eigenvalue weighted by Gasteiger charge is 2.42. The van der Waals surface area contributed by atoms with Crippen LogP contribution in [0.1, 0.15) is 51.4 Å². The topological polar surface area (TPSA) is 41.1 Å². The molecule has 2 fully saturated rings. The third-order valence-corrected chi connectivity index (χ3v) is 5.16. The Balaban J connectivity index is 1.42. The van der Waals surface area contributed by atoms with Gasteiger partial charge in [0.1, 0.15) is 0 Å². The van der Waals surface area contributed by atoms with Crippen molar-refractivity contribution >= 4 is 5.91 Å². The minimum Gasteiger partial charge on any atom is -0.354 e. The zero-order valence-corrected chi connectivity index (χ0v) is 11.8. The van der Waals surface area contributed by atoms with Crippen molar-refractivity contribution in [1.82, 2.24) is 10.6 Å². The minimum absolute atomic E-state index is 0.0906. The first kappa shape index (κ1) is 13.2. The van der Waals surface area contributed by atoms with E-state index in [1.165, 1.54) is 44.9 Å². The molecule has 2 N–H and O–H groups in total. The molecule has 3 heteroatoms. The first-order valence-corrected chi connectivity index (χ1v) is 8.03. The first-order chi connectivity index (χ1) is 9.34. The summed E-state index contributed by atoms with van der Waals surface area (Å²) in [6.07, 6.45) is 12.4. The van der Waals surface area contributed by atoms with Crippen LogP contribution in [-0.4, -0.2) is 25.0 Å². The van der Waals surface area contributed by atoms with Gasteiger partial charge in [-0.25, -0.2) is 0 Å². The zero-order valence-electron chi connectivity index (χ0n) is 11.8. The number of rotatable bonds is 4. The molecule has 0 aromatic carbocycles. The van der Waals surface area contributed by atoms with E-state index in [1.807, 2.05) is 0 Å². The monoisotopic (exact) mass is 262 g/mol. The van der Waals surface area contributed by atoms with E-state index in [0.29, 0.717) is 5.92 Å². The van der Waals surface area contributed by atoms with Gasteiger partial charge in [-0.05, 0) is 63.3 Å². The van der Waals surface area contributed by atoms with Gasteiger partial charge in [0, 0.05) is 6.54 Å². The predicted octanol–water partition coefficient (Wildman–Crippen LogP) is 2.38. The molecule has 1 heterocycles. The summed E-state index contributed by atoms with van der Waals surface area (Å²) >= 11 is 0. The second-order valence-corrected chi connectivity index (χ2v) is 6.39. The molecular formula is C16H26N2O. The quantitative estimate of drug-likeness (QED) is 0.764. The lowest BCUT2D eigenvalue weighted by atomic mass is 9.93. The first-order valence-electron chi connectivity index (χ1n) is 8.03. The summed E-state index contributed by atoms with van der Waals surface area (Å²) in [5, 5.41) is 6.56. The van der Waals surface area contributed by atoms with Crippen LogP contribution in [-0.2, 0) is 4.79 Å². The number of carbonyl (C=O) groups is 1. The predicted molar refractivity (Wildman–Crippen MR) is 76.8 cm³/mol. The van der Waals surface area contributed by atoms with Gasteiger partial charge in [-0.3, -0.25) is 4.79 Å². The number of allylic oxidation sites excluding steroid dienone is 1. The third-order valence-electron chi connectivity index (χ3n) is 5.16. The molecule has 0 aromatic heterocycles. The van der Waals surface area contributed by atoms with Gasteiger partial charge in [0.2, 0.25) is 5.91 Å². The van der Waals surface area contributed by atoms with Crippen LogP contribution in [0.2, 0.25) is 0 Å². The summed E-state index contributed by atoms with van der Waals surface area (Å²) in [6, 6.07) is 0.0906. The van der Waals surface area contributed by atoms with E-state index in [0.717, 1.165) is 25.4 Å². The highest BCUT2D eigenvalue weighted by atomic mass is 16.2. The number of amides is 1. The minimum atomic E-state index is 0.0906. The highest BCUT2D eigenvalue weighted by Crippen LogP contribution is 2.37. The molecule has 1 saturated carbocycles. The van der Waals surface area contributed by atoms with Crippen LogP contribution in [0.5, 0.6) is 0 Å². The van der Waals surface area contributed by atoms with Crippen LogP contribution in [0.15, 0.2) is 11.6 Å². The van der Waals surface area contributed by atoms with Gasteiger partial charge < -0.3 is 10.6 Å². The second-order valence-electron chi connectivity index (χ2n) is 6.39. The molecule has 3 atom stereocenters. The molecule has 1 saturated heterocycles. The third kappa shape index (κ3) is 3.02. The average Bonchev–Trinajstić information content (AvgIpc) is 3.02. The largest absolute Gasteiger partial charge is 0.354 e. The fourth-order valence-corrected chi connectivity index (χ4v) is 4.06. The summed E-state index contributed by atoms with van der Waals surface area (Å²) in [5.41, 5.74) is 1.55. The van der Waals surface area contributed by atoms with Crippen molar-refractivity contribution < 1.29 is 4.79 Å². The fourth-order valence-electron chi connectivity index (χ4n) is 4.06. The molecule has 0 spiro atoms. The van der Waals surface area contributed by atoms with Crippen LogP contribution in [0.4, 0.5) is 0 Å². The van der Waals surface area contributed by atoms with Crippen molar-refractivity contribution in [2.24, 2.45) is 11.8 Å². The van der Waals surface area contributed by atoms with Crippen LogP contribution < -0.4 is 10.6 Å². The highest BCUT2D eigenvalue weighted by molar-refractivity contribution is 5.82. The van der Waals surface area contributed by atoms with Crippen molar-refractivity contribution in [2.45, 2.75) is 57.4 Å². The van der Waals surface area contributed by atoms with E-state index in [2.05, 4.69) is 16.7 Å². The Morgan fingerprint density at radius 3 is 3.11 bits per heavy atom. The van der Waals surface area contributed by atoms with Gasteiger partial charge in [0.15, 0.2) is 0 Å². The van der Waals surface area contributed by atoms with E-state index in [4.69, 9.17) is 0 Å². The molecule has 1 amide bonds. The Kier molecular flexibility index (Phi) is 4.21. The molecule has 3 unspecified atom stereocenters. The normalized spacial score (nSPS) is 33.9. The number of nitrogens with one attached hydrogen (secondary N) is 2. The molecule has 106 valence electrons. The van der Waals surface area contributed by atoms with Crippen molar-refractivity contribution in [3.63, 3.8) is 0 Å². The smallest absolute Gasteiger partial charge is 0.237 e. The molecule has 0 radical (unpaired) electrons. The molecular weight excluding hydrogens is 236 g/mol. The number of hydrogen-bond donors (Lipinski definition) is 2. The number of fused-ring (bicyclic) bond motifs is 1. The van der Waals surface area contributed by atoms with Gasteiger partial charge >= 0.3 is 0 Å². The molecule has 3 aliphatic rings. The SMILES string of the molecule is O=C(NCCC1=CCCCC1)C1NCC2CCCC21. The lowest BCUT2D eigenvalue weighted by Crippen LogP contribution is -2.44. The van der Waals surface area contributed by atoms with Crippen LogP contribution in [0.25, 0.3) is 0 Å². The van der Waals surface area contributed by atoms with E-state index in [-0.39, 0.29) is 11.9 Å². The van der Waals surface area contributed by atoms with Gasteiger partial charge in [-0.1, -0.05) is 18.1 Å². The van der Waals surface area contributed by atoms with E-state index in [9.17, 15) is 4.79 Å². The maximum Gasteiger partial charge on any atom is 0.237 e. The van der Waals surface area contributed by atoms with E-state index in [1.54, 1.807) is 5.57 Å². The summed E-state index contributed by atoms with van der Waals surface area (Å²) in [5.74, 6) is 1.61.